The third-order valence-corrected chi connectivity index (χ3v) is 5.48. The number of likely N-dealkylation sites (tertiary alicyclic amines) is 1. The molecule has 0 bridgehead atoms. The molecule has 4 nitrogen and oxygen atoms in total. The van der Waals surface area contributed by atoms with Gasteiger partial charge in [-0.15, -0.1) is 11.3 Å². The number of rotatable bonds is 3. The molecule has 0 N–H and O–H groups in total. The van der Waals surface area contributed by atoms with E-state index in [1.807, 2.05) is 60.4 Å². The number of aryl methyl sites for hydroxylation is 1. The summed E-state index contributed by atoms with van der Waals surface area (Å²) >= 11 is 1.48. The molecule has 1 fully saturated rings. The van der Waals surface area contributed by atoms with Crippen LogP contribution in [-0.2, 0) is 0 Å². The molecule has 126 valence electrons. The predicted molar refractivity (Wildman–Crippen MR) is 99.5 cm³/mol. The van der Waals surface area contributed by atoms with E-state index in [1.54, 1.807) is 6.20 Å². The number of aromatic nitrogens is 2. The van der Waals surface area contributed by atoms with Crippen LogP contribution in [0.3, 0.4) is 0 Å². The molecule has 3 heterocycles. The van der Waals surface area contributed by atoms with E-state index in [9.17, 15) is 4.79 Å². The minimum Gasteiger partial charge on any atom is -0.329 e. The van der Waals surface area contributed by atoms with Gasteiger partial charge in [-0.3, -0.25) is 9.78 Å². The first kappa shape index (κ1) is 16.0. The second-order valence-corrected chi connectivity index (χ2v) is 7.39. The minimum atomic E-state index is 0.0553. The van der Waals surface area contributed by atoms with Gasteiger partial charge in [0.1, 0.15) is 4.88 Å². The zero-order chi connectivity index (χ0) is 17.2. The van der Waals surface area contributed by atoms with E-state index in [4.69, 9.17) is 0 Å². The Morgan fingerprint density at radius 1 is 1.16 bits per heavy atom. The van der Waals surface area contributed by atoms with E-state index in [-0.39, 0.29) is 11.9 Å². The number of benzene rings is 1. The molecule has 0 saturated carbocycles. The van der Waals surface area contributed by atoms with Crippen molar-refractivity contribution in [3.05, 3.63) is 70.3 Å². The monoisotopic (exact) mass is 349 g/mol. The first-order chi connectivity index (χ1) is 12.2. The van der Waals surface area contributed by atoms with Crippen LogP contribution in [0.15, 0.2) is 54.7 Å². The maximum absolute atomic E-state index is 13.3. The summed E-state index contributed by atoms with van der Waals surface area (Å²) in [6.45, 7) is 2.72. The number of pyridine rings is 1. The lowest BCUT2D eigenvalue weighted by atomic mass is 10.1. The number of carbonyl (C=O) groups is 1. The van der Waals surface area contributed by atoms with Gasteiger partial charge in [0.15, 0.2) is 0 Å². The molecule has 0 spiro atoms. The van der Waals surface area contributed by atoms with Gasteiger partial charge in [0.2, 0.25) is 0 Å². The molecular formula is C20H19N3OS. The van der Waals surface area contributed by atoms with Crippen LogP contribution in [0.1, 0.15) is 39.3 Å². The Balaban J connectivity index is 1.70. The van der Waals surface area contributed by atoms with Gasteiger partial charge < -0.3 is 4.90 Å². The van der Waals surface area contributed by atoms with E-state index in [1.165, 1.54) is 11.3 Å². The minimum absolute atomic E-state index is 0.0553. The zero-order valence-electron chi connectivity index (χ0n) is 14.1. The number of hydrogen-bond acceptors (Lipinski definition) is 4. The van der Waals surface area contributed by atoms with E-state index in [2.05, 4.69) is 9.97 Å². The largest absolute Gasteiger partial charge is 0.329 e. The first-order valence-electron chi connectivity index (χ1n) is 8.49. The van der Waals surface area contributed by atoms with Crippen molar-refractivity contribution >= 4 is 17.2 Å². The molecular weight excluding hydrogens is 330 g/mol. The lowest BCUT2D eigenvalue weighted by Crippen LogP contribution is -2.30. The van der Waals surface area contributed by atoms with Crippen molar-refractivity contribution in [2.45, 2.75) is 25.8 Å². The third kappa shape index (κ3) is 3.07. The van der Waals surface area contributed by atoms with Crippen molar-refractivity contribution in [2.24, 2.45) is 0 Å². The highest BCUT2D eigenvalue weighted by atomic mass is 32.1. The van der Waals surface area contributed by atoms with Crippen molar-refractivity contribution in [3.8, 4) is 11.3 Å². The number of nitrogens with zero attached hydrogens (tertiary/aromatic N) is 3. The summed E-state index contributed by atoms with van der Waals surface area (Å²) in [5.41, 5.74) is 2.75. The second-order valence-electron chi connectivity index (χ2n) is 6.19. The molecule has 1 atom stereocenters. The fourth-order valence-electron chi connectivity index (χ4n) is 3.38. The summed E-state index contributed by atoms with van der Waals surface area (Å²) in [5.74, 6) is 0.0672. The van der Waals surface area contributed by atoms with E-state index in [0.717, 1.165) is 46.2 Å². The van der Waals surface area contributed by atoms with Crippen LogP contribution in [0, 0.1) is 6.92 Å². The molecule has 0 unspecified atom stereocenters. The van der Waals surface area contributed by atoms with Gasteiger partial charge in [0.05, 0.1) is 22.4 Å². The second kappa shape index (κ2) is 6.76. The summed E-state index contributed by atoms with van der Waals surface area (Å²) in [6, 6.07) is 15.9. The average molecular weight is 349 g/mol. The Bertz CT molecular complexity index is 876. The number of carbonyl (C=O) groups excluding carboxylic acids is 1. The number of hydrogen-bond donors (Lipinski definition) is 0. The van der Waals surface area contributed by atoms with Gasteiger partial charge in [0.25, 0.3) is 5.91 Å². The maximum atomic E-state index is 13.3. The molecule has 1 saturated heterocycles. The van der Waals surface area contributed by atoms with Gasteiger partial charge in [0, 0.05) is 18.3 Å². The Morgan fingerprint density at radius 2 is 1.96 bits per heavy atom. The quantitative estimate of drug-likeness (QED) is 0.700. The Hall–Kier alpha value is -2.53. The summed E-state index contributed by atoms with van der Waals surface area (Å²) in [5, 5.41) is 0.913. The summed E-state index contributed by atoms with van der Waals surface area (Å²) in [7, 11) is 0. The third-order valence-electron chi connectivity index (χ3n) is 4.52. The lowest BCUT2D eigenvalue weighted by Gasteiger charge is -2.24. The van der Waals surface area contributed by atoms with Gasteiger partial charge in [-0.1, -0.05) is 36.4 Å². The van der Waals surface area contributed by atoms with Crippen molar-refractivity contribution in [3.63, 3.8) is 0 Å². The van der Waals surface area contributed by atoms with E-state index in [0.29, 0.717) is 0 Å². The topological polar surface area (TPSA) is 46.1 Å². The molecule has 1 aliphatic rings. The SMILES string of the molecule is Cc1nc(-c2ccccc2)c(C(=O)N2CCC[C@@H]2c2ccccn2)s1. The normalized spacial score (nSPS) is 17.0. The van der Waals surface area contributed by atoms with E-state index < -0.39 is 0 Å². The maximum Gasteiger partial charge on any atom is 0.266 e. The smallest absolute Gasteiger partial charge is 0.266 e. The van der Waals surface area contributed by atoms with Crippen LogP contribution >= 0.6 is 11.3 Å². The fraction of sp³-hybridized carbons (Fsp3) is 0.250. The summed E-state index contributed by atoms with van der Waals surface area (Å²) < 4.78 is 0. The van der Waals surface area contributed by atoms with Crippen LogP contribution in [0.25, 0.3) is 11.3 Å². The van der Waals surface area contributed by atoms with E-state index >= 15 is 0 Å². The summed E-state index contributed by atoms with van der Waals surface area (Å²) in [6.07, 6.45) is 3.76. The highest BCUT2D eigenvalue weighted by Gasteiger charge is 2.33. The molecule has 2 aromatic heterocycles. The van der Waals surface area contributed by atoms with Crippen LogP contribution in [-0.4, -0.2) is 27.3 Å². The Kier molecular flexibility index (Phi) is 4.32. The highest BCUT2D eigenvalue weighted by Crippen LogP contribution is 2.35. The molecule has 1 aromatic carbocycles. The Morgan fingerprint density at radius 3 is 2.72 bits per heavy atom. The van der Waals surface area contributed by atoms with Gasteiger partial charge in [-0.05, 0) is 31.9 Å². The molecule has 1 aliphatic heterocycles. The fourth-order valence-corrected chi connectivity index (χ4v) is 4.28. The number of thiazole rings is 1. The molecule has 0 radical (unpaired) electrons. The standard InChI is InChI=1S/C20H19N3OS/c1-14-22-18(15-8-3-2-4-9-15)19(25-14)20(24)23-13-7-11-17(23)16-10-5-6-12-21-16/h2-6,8-10,12,17H,7,11,13H2,1H3/t17-/m1/s1. The van der Waals surface area contributed by atoms with Crippen LogP contribution in [0.5, 0.6) is 0 Å². The molecule has 1 amide bonds. The molecule has 3 aromatic rings. The van der Waals surface area contributed by atoms with Crippen molar-refractivity contribution in [1.82, 2.24) is 14.9 Å². The van der Waals surface area contributed by atoms with Crippen LogP contribution < -0.4 is 0 Å². The lowest BCUT2D eigenvalue weighted by molar-refractivity contribution is 0.0738. The molecule has 5 heteroatoms. The number of amides is 1. The predicted octanol–water partition coefficient (Wildman–Crippen LogP) is 4.49. The van der Waals surface area contributed by atoms with Gasteiger partial charge >= 0.3 is 0 Å². The molecule has 4 rings (SSSR count). The average Bonchev–Trinajstić information content (AvgIpc) is 3.29. The zero-order valence-corrected chi connectivity index (χ0v) is 14.9. The van der Waals surface area contributed by atoms with Gasteiger partial charge in [-0.2, -0.15) is 0 Å². The van der Waals surface area contributed by atoms with Crippen LogP contribution in [0.2, 0.25) is 0 Å². The Labute approximate surface area is 151 Å². The van der Waals surface area contributed by atoms with Gasteiger partial charge in [-0.25, -0.2) is 4.98 Å². The first-order valence-corrected chi connectivity index (χ1v) is 9.30. The summed E-state index contributed by atoms with van der Waals surface area (Å²) in [4.78, 5) is 25.1. The highest BCUT2D eigenvalue weighted by molar-refractivity contribution is 7.14. The van der Waals surface area contributed by atoms with Crippen molar-refractivity contribution in [1.29, 1.82) is 0 Å². The van der Waals surface area contributed by atoms with Crippen molar-refractivity contribution < 1.29 is 4.79 Å². The molecule has 25 heavy (non-hydrogen) atoms. The molecule has 0 aliphatic carbocycles. The van der Waals surface area contributed by atoms with Crippen molar-refractivity contribution in [2.75, 3.05) is 6.54 Å². The van der Waals surface area contributed by atoms with Crippen LogP contribution in [0.4, 0.5) is 0 Å².